The zero-order valence-corrected chi connectivity index (χ0v) is 25.9. The Kier molecular flexibility index (Phi) is 10.7. The molecule has 0 aromatic heterocycles. The Morgan fingerprint density at radius 2 is 1.83 bits per heavy atom. The number of hydrogen-bond acceptors (Lipinski definition) is 5. The number of hydrogen-bond donors (Lipinski definition) is 3. The molecule has 41 heavy (non-hydrogen) atoms. The van der Waals surface area contributed by atoms with Crippen molar-refractivity contribution >= 4 is 39.1 Å². The van der Waals surface area contributed by atoms with Gasteiger partial charge in [-0.1, -0.05) is 79.5 Å². The van der Waals surface area contributed by atoms with Crippen molar-refractivity contribution in [2.75, 3.05) is 13.2 Å². The van der Waals surface area contributed by atoms with E-state index in [1.54, 1.807) is 31.2 Å². The summed E-state index contributed by atoms with van der Waals surface area (Å²) in [4.78, 5) is 13.3. The van der Waals surface area contributed by atoms with Crippen molar-refractivity contribution in [2.24, 2.45) is 5.92 Å². The molecule has 3 aromatic carbocycles. The highest BCUT2D eigenvalue weighted by molar-refractivity contribution is 7.89. The molecule has 1 aliphatic heterocycles. The largest absolute Gasteiger partial charge is 0.493 e. The van der Waals surface area contributed by atoms with Crippen LogP contribution in [0.15, 0.2) is 65.6 Å². The summed E-state index contributed by atoms with van der Waals surface area (Å²) in [6.45, 7) is 8.24. The van der Waals surface area contributed by atoms with E-state index in [4.69, 9.17) is 27.9 Å². The van der Waals surface area contributed by atoms with Crippen LogP contribution in [0.3, 0.4) is 0 Å². The van der Waals surface area contributed by atoms with Crippen molar-refractivity contribution in [2.45, 2.75) is 63.6 Å². The number of rotatable bonds is 12. The smallest absolute Gasteiger partial charge is 0.242 e. The van der Waals surface area contributed by atoms with Gasteiger partial charge in [0.15, 0.2) is 0 Å². The molecule has 1 amide bonds. The molecule has 2 unspecified atom stereocenters. The summed E-state index contributed by atoms with van der Waals surface area (Å²) < 4.78 is 35.4. The van der Waals surface area contributed by atoms with Gasteiger partial charge in [0.25, 0.3) is 0 Å². The molecule has 0 spiro atoms. The van der Waals surface area contributed by atoms with Gasteiger partial charge in [-0.15, -0.1) is 0 Å². The summed E-state index contributed by atoms with van der Waals surface area (Å²) in [5.41, 5.74) is 3.16. The third kappa shape index (κ3) is 8.23. The third-order valence-corrected chi connectivity index (χ3v) is 9.67. The Labute approximate surface area is 253 Å². The van der Waals surface area contributed by atoms with Crippen LogP contribution in [-0.4, -0.2) is 27.5 Å². The molecule has 10 heteroatoms. The second-order valence-electron chi connectivity index (χ2n) is 10.8. The van der Waals surface area contributed by atoms with Gasteiger partial charge in [0.05, 0.1) is 23.7 Å². The molecule has 1 aliphatic rings. The van der Waals surface area contributed by atoms with E-state index in [2.05, 4.69) is 29.2 Å². The molecule has 1 heterocycles. The minimum absolute atomic E-state index is 0.0505. The zero-order valence-electron chi connectivity index (χ0n) is 23.5. The summed E-state index contributed by atoms with van der Waals surface area (Å²) in [7, 11) is -4.07. The Bertz CT molecular complexity index is 1470. The van der Waals surface area contributed by atoms with Crippen LogP contribution in [0.1, 0.15) is 67.4 Å². The minimum Gasteiger partial charge on any atom is -0.493 e. The van der Waals surface area contributed by atoms with E-state index in [1.165, 1.54) is 12.1 Å². The lowest BCUT2D eigenvalue weighted by molar-refractivity contribution is -0.122. The fourth-order valence-corrected chi connectivity index (χ4v) is 6.80. The van der Waals surface area contributed by atoms with E-state index in [0.29, 0.717) is 35.1 Å². The normalized spacial score (nSPS) is 15.7. The minimum atomic E-state index is -4.07. The molecule has 0 bridgehead atoms. The van der Waals surface area contributed by atoms with Crippen LogP contribution >= 0.6 is 23.2 Å². The zero-order chi connectivity index (χ0) is 29.6. The average molecular weight is 619 g/mol. The first-order valence-electron chi connectivity index (χ1n) is 13.8. The van der Waals surface area contributed by atoms with E-state index in [-0.39, 0.29) is 28.3 Å². The second kappa shape index (κ2) is 14.0. The summed E-state index contributed by atoms with van der Waals surface area (Å²) in [6, 6.07) is 16.9. The molecule has 4 rings (SSSR count). The number of carbonyl (C=O) groups excluding carboxylic acids is 1. The van der Waals surface area contributed by atoms with Gasteiger partial charge in [-0.2, -0.15) is 0 Å². The topological polar surface area (TPSA) is 96.5 Å². The second-order valence-corrected chi connectivity index (χ2v) is 13.2. The van der Waals surface area contributed by atoms with Crippen molar-refractivity contribution in [3.8, 4) is 5.75 Å². The highest BCUT2D eigenvalue weighted by Crippen LogP contribution is 2.34. The van der Waals surface area contributed by atoms with Crippen molar-refractivity contribution in [3.05, 3.63) is 93.0 Å². The molecule has 0 radical (unpaired) electrons. The maximum atomic E-state index is 13.4. The molecule has 0 fully saturated rings. The van der Waals surface area contributed by atoms with E-state index in [0.717, 1.165) is 36.4 Å². The molecule has 3 N–H and O–H groups in total. The third-order valence-electron chi connectivity index (χ3n) is 7.14. The molecule has 0 aliphatic carbocycles. The number of sulfonamides is 1. The van der Waals surface area contributed by atoms with E-state index >= 15 is 0 Å². The Balaban J connectivity index is 1.48. The van der Waals surface area contributed by atoms with Crippen LogP contribution in [0.25, 0.3) is 0 Å². The lowest BCUT2D eigenvalue weighted by Gasteiger charge is -2.28. The molecule has 0 saturated carbocycles. The van der Waals surface area contributed by atoms with Gasteiger partial charge >= 0.3 is 0 Å². The molecule has 3 aromatic rings. The van der Waals surface area contributed by atoms with E-state index in [9.17, 15) is 13.2 Å². The number of ether oxygens (including phenoxy) is 1. The lowest BCUT2D eigenvalue weighted by atomic mass is 9.98. The molecule has 0 saturated heterocycles. The van der Waals surface area contributed by atoms with Crippen LogP contribution in [0.2, 0.25) is 10.0 Å². The lowest BCUT2D eigenvalue weighted by Crippen LogP contribution is -2.36. The average Bonchev–Trinajstić information content (AvgIpc) is 2.94. The Morgan fingerprint density at radius 1 is 1.07 bits per heavy atom. The maximum absolute atomic E-state index is 13.4. The Morgan fingerprint density at radius 3 is 2.56 bits per heavy atom. The first-order chi connectivity index (χ1) is 19.5. The number of carbonyl (C=O) groups is 1. The van der Waals surface area contributed by atoms with Gasteiger partial charge in [0, 0.05) is 30.0 Å². The van der Waals surface area contributed by atoms with Gasteiger partial charge in [-0.3, -0.25) is 4.79 Å². The molecule has 7 nitrogen and oxygen atoms in total. The van der Waals surface area contributed by atoms with Crippen LogP contribution in [0.4, 0.5) is 0 Å². The van der Waals surface area contributed by atoms with Crippen molar-refractivity contribution in [1.82, 2.24) is 15.4 Å². The number of amides is 1. The van der Waals surface area contributed by atoms with Gasteiger partial charge in [0.1, 0.15) is 10.6 Å². The standard InChI is InChI=1S/C31H37Cl2N3O4S/c1-20(2)13-15-34-19-22-9-10-24-26(14-16-40-28(24)17-22)35-30(37)18-27(23-7-5-4-6-8-23)36-41(38,39)29-12-11-25(32)21(3)31(29)33/h4-12,17,20,26-27,34,36H,13-16,18-19H2,1-3H3,(H,35,37). The fraction of sp³-hybridized carbons (Fsp3) is 0.387. The molecular formula is C31H37Cl2N3O4S. The van der Waals surface area contributed by atoms with Gasteiger partial charge in [0.2, 0.25) is 15.9 Å². The number of halogens is 2. The van der Waals surface area contributed by atoms with E-state index in [1.807, 2.05) is 24.3 Å². The van der Waals surface area contributed by atoms with Gasteiger partial charge in [-0.25, -0.2) is 13.1 Å². The summed E-state index contributed by atoms with van der Waals surface area (Å²) in [6.07, 6.45) is 1.63. The Hall–Kier alpha value is -2.62. The number of nitrogens with one attached hydrogen (secondary N) is 3. The molecule has 220 valence electrons. The summed E-state index contributed by atoms with van der Waals surface area (Å²) in [5, 5.41) is 6.99. The van der Waals surface area contributed by atoms with Gasteiger partial charge in [-0.05, 0) is 60.7 Å². The number of fused-ring (bicyclic) bond motifs is 1. The highest BCUT2D eigenvalue weighted by atomic mass is 35.5. The van der Waals surface area contributed by atoms with E-state index < -0.39 is 16.1 Å². The van der Waals surface area contributed by atoms with Crippen LogP contribution < -0.4 is 20.1 Å². The maximum Gasteiger partial charge on any atom is 0.242 e. The van der Waals surface area contributed by atoms with Crippen LogP contribution in [0, 0.1) is 12.8 Å². The highest BCUT2D eigenvalue weighted by Gasteiger charge is 2.29. The predicted molar refractivity (Wildman–Crippen MR) is 164 cm³/mol. The quantitative estimate of drug-likeness (QED) is 0.202. The molecular weight excluding hydrogens is 581 g/mol. The number of benzene rings is 3. The van der Waals surface area contributed by atoms with Crippen molar-refractivity contribution < 1.29 is 17.9 Å². The van der Waals surface area contributed by atoms with Crippen LogP contribution in [-0.2, 0) is 21.4 Å². The molecule has 2 atom stereocenters. The summed E-state index contributed by atoms with van der Waals surface area (Å²) in [5.74, 6) is 1.13. The SMILES string of the molecule is Cc1c(Cl)ccc(S(=O)(=O)NC(CC(=O)NC2CCOc3cc(CNCCC(C)C)ccc32)c2ccccc2)c1Cl. The van der Waals surface area contributed by atoms with Crippen molar-refractivity contribution in [1.29, 1.82) is 0 Å². The predicted octanol–water partition coefficient (Wildman–Crippen LogP) is 6.49. The summed E-state index contributed by atoms with van der Waals surface area (Å²) >= 11 is 12.5. The van der Waals surface area contributed by atoms with Crippen LogP contribution in [0.5, 0.6) is 5.75 Å². The monoisotopic (exact) mass is 617 g/mol. The first-order valence-corrected chi connectivity index (χ1v) is 16.1. The fourth-order valence-electron chi connectivity index (χ4n) is 4.76. The first kappa shape index (κ1) is 31.3. The van der Waals surface area contributed by atoms with Gasteiger partial charge < -0.3 is 15.4 Å². The van der Waals surface area contributed by atoms with Crippen molar-refractivity contribution in [3.63, 3.8) is 0 Å².